The molecule has 0 radical (unpaired) electrons. The minimum atomic E-state index is -0.872. The molecule has 8 nitrogen and oxygen atoms in total. The van der Waals surface area contributed by atoms with E-state index >= 15 is 4.39 Å². The van der Waals surface area contributed by atoms with Crippen LogP contribution in [0.3, 0.4) is 0 Å². The van der Waals surface area contributed by atoms with E-state index in [0.717, 1.165) is 44.2 Å². The Hall–Kier alpha value is -2.27. The number of fused-ring (bicyclic) bond motifs is 2. The van der Waals surface area contributed by atoms with Crippen molar-refractivity contribution in [3.8, 4) is 6.01 Å². The van der Waals surface area contributed by atoms with Crippen LogP contribution in [-0.2, 0) is 4.74 Å². The Morgan fingerprint density at radius 1 is 1.24 bits per heavy atom. The molecule has 230 valence electrons. The summed E-state index contributed by atoms with van der Waals surface area (Å²) in [6, 6.07) is 1.91. The zero-order chi connectivity index (χ0) is 30.0. The van der Waals surface area contributed by atoms with Crippen molar-refractivity contribution in [3.63, 3.8) is 0 Å². The van der Waals surface area contributed by atoms with E-state index in [1.807, 2.05) is 40.7 Å². The molecule has 2 aromatic rings. The molecular weight excluding hydrogens is 608 g/mol. The number of amides is 1. The third kappa shape index (κ3) is 5.44. The van der Waals surface area contributed by atoms with Crippen molar-refractivity contribution in [2.45, 2.75) is 108 Å². The maximum absolute atomic E-state index is 16.0. The van der Waals surface area contributed by atoms with Gasteiger partial charge in [0.25, 0.3) is 0 Å². The number of anilines is 1. The van der Waals surface area contributed by atoms with E-state index in [9.17, 15) is 9.18 Å². The largest absolute Gasteiger partial charge is 0.461 e. The summed E-state index contributed by atoms with van der Waals surface area (Å²) in [6.07, 6.45) is 3.86. The van der Waals surface area contributed by atoms with Crippen LogP contribution in [0.5, 0.6) is 6.01 Å². The van der Waals surface area contributed by atoms with Gasteiger partial charge in [-0.1, -0.05) is 0 Å². The Bertz CT molecular complexity index is 1370. The van der Waals surface area contributed by atoms with Crippen LogP contribution in [0, 0.1) is 5.82 Å². The van der Waals surface area contributed by atoms with Crippen molar-refractivity contribution in [2.75, 3.05) is 37.7 Å². The molecule has 1 aromatic heterocycles. The zero-order valence-corrected chi connectivity index (χ0v) is 26.8. The predicted octanol–water partition coefficient (Wildman–Crippen LogP) is 6.59. The van der Waals surface area contributed by atoms with Gasteiger partial charge in [-0.15, -0.1) is 0 Å². The number of rotatable bonds is 7. The first-order valence-electron chi connectivity index (χ1n) is 15.4. The Labute approximate surface area is 255 Å². The van der Waals surface area contributed by atoms with Crippen LogP contribution in [0.4, 0.5) is 19.4 Å². The summed E-state index contributed by atoms with van der Waals surface area (Å²) in [4.78, 5) is 28.6. The molecule has 1 aromatic carbocycles. The molecule has 11 heteroatoms. The maximum Gasteiger partial charge on any atom is 0.410 e. The van der Waals surface area contributed by atoms with Crippen LogP contribution in [0.15, 0.2) is 10.5 Å². The van der Waals surface area contributed by atoms with Gasteiger partial charge in [0.2, 0.25) is 0 Å². The summed E-state index contributed by atoms with van der Waals surface area (Å²) in [5, 5.41) is 0.639. The number of likely N-dealkylation sites (N-methyl/N-ethyl adjacent to an activating group) is 1. The highest BCUT2D eigenvalue weighted by molar-refractivity contribution is 9.10. The Balaban J connectivity index is 1.37. The average Bonchev–Trinajstić information content (AvgIpc) is 3.48. The molecule has 42 heavy (non-hydrogen) atoms. The maximum atomic E-state index is 16.0. The fraction of sp³-hybridized carbons (Fsp3) is 0.710. The molecule has 3 saturated heterocycles. The van der Waals surface area contributed by atoms with Gasteiger partial charge in [0.1, 0.15) is 29.7 Å². The summed E-state index contributed by atoms with van der Waals surface area (Å²) in [5.41, 5.74) is 0.180. The monoisotopic (exact) mass is 649 g/mol. The van der Waals surface area contributed by atoms with Gasteiger partial charge < -0.3 is 19.3 Å². The predicted molar refractivity (Wildman–Crippen MR) is 162 cm³/mol. The van der Waals surface area contributed by atoms with E-state index in [1.54, 1.807) is 4.90 Å². The number of hydrogen-bond donors (Lipinski definition) is 0. The molecule has 0 unspecified atom stereocenters. The molecule has 4 atom stereocenters. The average molecular weight is 651 g/mol. The molecule has 1 saturated carbocycles. The van der Waals surface area contributed by atoms with Crippen LogP contribution >= 0.6 is 15.9 Å². The number of likely N-dealkylation sites (tertiary alicyclic amines) is 1. The molecule has 0 bridgehead atoms. The van der Waals surface area contributed by atoms with E-state index in [1.165, 1.54) is 0 Å². The lowest BCUT2D eigenvalue weighted by Crippen LogP contribution is -2.47. The van der Waals surface area contributed by atoms with Crippen LogP contribution < -0.4 is 9.64 Å². The first kappa shape index (κ1) is 29.8. The number of alkyl halides is 1. The minimum Gasteiger partial charge on any atom is -0.461 e. The topological polar surface area (TPSA) is 71.0 Å². The molecule has 0 N–H and O–H groups in total. The van der Waals surface area contributed by atoms with Gasteiger partial charge in [-0.25, -0.2) is 13.6 Å². The van der Waals surface area contributed by atoms with Crippen molar-refractivity contribution in [1.82, 2.24) is 19.8 Å². The third-order valence-electron chi connectivity index (χ3n) is 9.46. The molecule has 4 fully saturated rings. The summed E-state index contributed by atoms with van der Waals surface area (Å²) < 4.78 is 42.8. The van der Waals surface area contributed by atoms with E-state index in [0.29, 0.717) is 47.6 Å². The van der Waals surface area contributed by atoms with Crippen LogP contribution in [0.25, 0.3) is 10.9 Å². The number of nitrogens with zero attached hydrogens (tertiary/aromatic N) is 5. The SMILES string of the molecule is CCN(c1nc(OC[C@@]23CCCN2C[C@H](F)C3)nc2c(F)c(Br)c(C3CC3)cc12)[C@@H]1CCN(C(=O)OC(C)(C)C)[C@@H]1C. The molecule has 1 amide bonds. The lowest BCUT2D eigenvalue weighted by molar-refractivity contribution is 0.0233. The molecule has 1 aliphatic carbocycles. The zero-order valence-electron chi connectivity index (χ0n) is 25.3. The van der Waals surface area contributed by atoms with Crippen molar-refractivity contribution >= 4 is 38.7 Å². The van der Waals surface area contributed by atoms with Gasteiger partial charge >= 0.3 is 12.1 Å². The van der Waals surface area contributed by atoms with E-state index in [2.05, 4.69) is 30.7 Å². The van der Waals surface area contributed by atoms with Crippen LogP contribution in [0.1, 0.15) is 84.6 Å². The molecular formula is C31H42BrF2N5O3. The second-order valence-corrected chi connectivity index (χ2v) is 14.3. The van der Waals surface area contributed by atoms with Gasteiger partial charge in [-0.05, 0) is 107 Å². The van der Waals surface area contributed by atoms with E-state index in [-0.39, 0.29) is 41.8 Å². The van der Waals surface area contributed by atoms with Crippen LogP contribution in [0.2, 0.25) is 0 Å². The smallest absolute Gasteiger partial charge is 0.410 e. The summed E-state index contributed by atoms with van der Waals surface area (Å²) >= 11 is 3.51. The quantitative estimate of drug-likeness (QED) is 0.335. The minimum absolute atomic E-state index is 0.0596. The lowest BCUT2D eigenvalue weighted by Gasteiger charge is -2.35. The summed E-state index contributed by atoms with van der Waals surface area (Å²) in [5.74, 6) is 0.497. The number of ether oxygens (including phenoxy) is 2. The molecule has 4 heterocycles. The lowest BCUT2D eigenvalue weighted by atomic mass is 9.95. The highest BCUT2D eigenvalue weighted by Gasteiger charge is 2.49. The number of halogens is 3. The van der Waals surface area contributed by atoms with E-state index < -0.39 is 17.6 Å². The molecule has 0 spiro atoms. The molecule has 4 aliphatic rings. The van der Waals surface area contributed by atoms with Crippen molar-refractivity contribution in [3.05, 3.63) is 21.9 Å². The first-order valence-corrected chi connectivity index (χ1v) is 16.2. The highest BCUT2D eigenvalue weighted by Crippen LogP contribution is 2.47. The van der Waals surface area contributed by atoms with Crippen molar-refractivity contribution < 1.29 is 23.0 Å². The second kappa shape index (κ2) is 11.0. The Kier molecular flexibility index (Phi) is 7.82. The van der Waals surface area contributed by atoms with Gasteiger partial charge in [0.05, 0.1) is 22.1 Å². The normalized spacial score (nSPS) is 28.0. The third-order valence-corrected chi connectivity index (χ3v) is 10.3. The second-order valence-electron chi connectivity index (χ2n) is 13.5. The number of hydrogen-bond acceptors (Lipinski definition) is 7. The molecule has 6 rings (SSSR count). The van der Waals surface area contributed by atoms with Gasteiger partial charge in [-0.3, -0.25) is 4.90 Å². The fourth-order valence-corrected chi connectivity index (χ4v) is 7.90. The van der Waals surface area contributed by atoms with Gasteiger partial charge in [-0.2, -0.15) is 9.97 Å². The van der Waals surface area contributed by atoms with Gasteiger partial charge in [0.15, 0.2) is 5.82 Å². The number of carbonyl (C=O) groups excluding carboxylic acids is 1. The fourth-order valence-electron chi connectivity index (χ4n) is 7.27. The number of carbonyl (C=O) groups is 1. The Morgan fingerprint density at radius 3 is 2.69 bits per heavy atom. The standard InChI is InChI=1S/C31H42BrF2N5O3/c1-6-38(23-10-13-39(18(23)2)29(40)42-30(3,4)5)27-22-14-21(19-8-9-19)24(32)25(34)26(22)35-28(36-27)41-17-31-11-7-12-37(31)16-20(33)15-31/h14,18-20,23H,6-13,15-17H2,1-5H3/t18-,20-,23-,31+/m1/s1. The first-order chi connectivity index (χ1) is 19.9. The number of benzene rings is 1. The van der Waals surface area contributed by atoms with Crippen molar-refractivity contribution in [2.24, 2.45) is 0 Å². The van der Waals surface area contributed by atoms with E-state index in [4.69, 9.17) is 14.5 Å². The summed E-state index contributed by atoms with van der Waals surface area (Å²) in [6.45, 7) is 12.4. The summed E-state index contributed by atoms with van der Waals surface area (Å²) in [7, 11) is 0. The Morgan fingerprint density at radius 2 is 2.00 bits per heavy atom. The number of aromatic nitrogens is 2. The van der Waals surface area contributed by atoms with Gasteiger partial charge in [0, 0.05) is 31.4 Å². The van der Waals surface area contributed by atoms with Crippen molar-refractivity contribution in [1.29, 1.82) is 0 Å². The molecule has 3 aliphatic heterocycles. The highest BCUT2D eigenvalue weighted by atomic mass is 79.9. The van der Waals surface area contributed by atoms with Crippen LogP contribution in [-0.4, -0.2) is 88.0 Å².